The largest absolute Gasteiger partial charge is 0.386 e. The van der Waals surface area contributed by atoms with Gasteiger partial charge in [-0.05, 0) is 12.8 Å². The Kier molecular flexibility index (Phi) is 4.98. The van der Waals surface area contributed by atoms with E-state index in [1.54, 1.807) is 31.7 Å². The highest BCUT2D eigenvalue weighted by atomic mass is 16.5. The summed E-state index contributed by atoms with van der Waals surface area (Å²) in [6, 6.07) is 1.65. The van der Waals surface area contributed by atoms with Gasteiger partial charge >= 0.3 is 0 Å². The van der Waals surface area contributed by atoms with Crippen molar-refractivity contribution in [2.75, 3.05) is 31.6 Å². The van der Waals surface area contributed by atoms with Crippen molar-refractivity contribution in [3.63, 3.8) is 0 Å². The van der Waals surface area contributed by atoms with Gasteiger partial charge in [-0.3, -0.25) is 9.78 Å². The molecule has 1 saturated heterocycles. The van der Waals surface area contributed by atoms with Crippen LogP contribution in [0.1, 0.15) is 36.0 Å². The van der Waals surface area contributed by atoms with Crippen molar-refractivity contribution < 1.29 is 14.4 Å². The van der Waals surface area contributed by atoms with E-state index in [0.717, 1.165) is 18.8 Å². The second-order valence-corrected chi connectivity index (χ2v) is 6.51. The highest BCUT2D eigenvalue weighted by Crippen LogP contribution is 2.25. The van der Waals surface area contributed by atoms with Crippen LogP contribution in [0.25, 0.3) is 0 Å². The van der Waals surface area contributed by atoms with Gasteiger partial charge in [0, 0.05) is 45.0 Å². The lowest BCUT2D eigenvalue weighted by Crippen LogP contribution is -2.55. The van der Waals surface area contributed by atoms with Crippen LogP contribution in [-0.4, -0.2) is 63.3 Å². The Hall–Kier alpha value is -2.48. The maximum Gasteiger partial charge on any atom is 0.275 e. The molecule has 1 unspecified atom stereocenters. The number of likely N-dealkylation sites (N-methyl/N-ethyl adjacent to an activating group) is 1. The number of carbonyl (C=O) groups is 1. The van der Waals surface area contributed by atoms with E-state index in [-0.39, 0.29) is 18.1 Å². The molecule has 0 aliphatic carbocycles. The van der Waals surface area contributed by atoms with E-state index in [1.165, 1.54) is 4.90 Å². The number of aromatic nitrogens is 3. The molecule has 2 aromatic heterocycles. The molecule has 0 radical (unpaired) electrons. The molecular formula is C17H23N5O3. The molecule has 1 aliphatic rings. The number of rotatable bonds is 5. The number of β-amino-alcohol motifs (C(OH)–C–C–N with tert-alkyl or cyclic N) is 1. The number of carbonyl (C=O) groups excluding carboxylic acids is 1. The summed E-state index contributed by atoms with van der Waals surface area (Å²) in [4.78, 5) is 24.4. The highest BCUT2D eigenvalue weighted by molar-refractivity contribution is 5.92. The van der Waals surface area contributed by atoms with Crippen LogP contribution in [0.5, 0.6) is 0 Å². The zero-order valence-corrected chi connectivity index (χ0v) is 14.6. The number of amides is 1. The summed E-state index contributed by atoms with van der Waals surface area (Å²) in [5, 5.41) is 14.8. The first-order chi connectivity index (χ1) is 12.0. The smallest absolute Gasteiger partial charge is 0.275 e. The minimum atomic E-state index is -1.00. The van der Waals surface area contributed by atoms with Gasteiger partial charge < -0.3 is 19.4 Å². The first-order valence-electron chi connectivity index (χ1n) is 8.45. The van der Waals surface area contributed by atoms with Gasteiger partial charge in [0.1, 0.15) is 11.6 Å². The summed E-state index contributed by atoms with van der Waals surface area (Å²) in [6.07, 6.45) is 7.06. The topological polar surface area (TPSA) is 95.6 Å². The summed E-state index contributed by atoms with van der Waals surface area (Å²) in [5.74, 6) is 1.15. The van der Waals surface area contributed by atoms with Crippen molar-refractivity contribution in [1.82, 2.24) is 20.0 Å². The summed E-state index contributed by atoms with van der Waals surface area (Å²) >= 11 is 0. The van der Waals surface area contributed by atoms with Crippen molar-refractivity contribution in [2.45, 2.75) is 31.8 Å². The molecule has 8 heteroatoms. The monoisotopic (exact) mass is 345 g/mol. The number of piperidine rings is 1. The number of hydrogen-bond acceptors (Lipinski definition) is 7. The van der Waals surface area contributed by atoms with Gasteiger partial charge in [-0.25, -0.2) is 4.98 Å². The molecule has 134 valence electrons. The maximum absolute atomic E-state index is 12.5. The average molecular weight is 345 g/mol. The van der Waals surface area contributed by atoms with Crippen LogP contribution in [0, 0.1) is 0 Å². The minimum Gasteiger partial charge on any atom is -0.386 e. The molecule has 3 heterocycles. The quantitative estimate of drug-likeness (QED) is 0.868. The lowest BCUT2D eigenvalue weighted by molar-refractivity contribution is -0.000390. The van der Waals surface area contributed by atoms with E-state index >= 15 is 0 Å². The lowest BCUT2D eigenvalue weighted by atomic mass is 9.92. The number of nitrogens with zero attached hydrogens (tertiary/aromatic N) is 5. The summed E-state index contributed by atoms with van der Waals surface area (Å²) in [5.41, 5.74) is -0.734. The van der Waals surface area contributed by atoms with E-state index in [9.17, 15) is 9.90 Å². The lowest BCUT2D eigenvalue weighted by Gasteiger charge is -2.41. The zero-order valence-electron chi connectivity index (χ0n) is 14.6. The Morgan fingerprint density at radius 3 is 3.00 bits per heavy atom. The fourth-order valence-corrected chi connectivity index (χ4v) is 3.18. The predicted octanol–water partition coefficient (Wildman–Crippen LogP) is 1.13. The predicted molar refractivity (Wildman–Crippen MR) is 91.3 cm³/mol. The number of aliphatic hydroxyl groups is 1. The molecule has 8 nitrogen and oxygen atoms in total. The van der Waals surface area contributed by atoms with Gasteiger partial charge in [0.15, 0.2) is 5.69 Å². The van der Waals surface area contributed by atoms with Crippen LogP contribution in [0.15, 0.2) is 29.2 Å². The number of aryl methyl sites for hydroxylation is 1. The molecule has 25 heavy (non-hydrogen) atoms. The van der Waals surface area contributed by atoms with E-state index in [0.29, 0.717) is 25.1 Å². The third-order valence-electron chi connectivity index (χ3n) is 4.43. The van der Waals surface area contributed by atoms with Crippen molar-refractivity contribution >= 4 is 11.7 Å². The number of anilines is 1. The van der Waals surface area contributed by atoms with E-state index in [4.69, 9.17) is 4.52 Å². The van der Waals surface area contributed by atoms with Crippen molar-refractivity contribution in [3.8, 4) is 0 Å². The molecule has 2 aromatic rings. The molecule has 1 atom stereocenters. The van der Waals surface area contributed by atoms with Gasteiger partial charge in [-0.2, -0.15) is 0 Å². The molecule has 3 rings (SSSR count). The van der Waals surface area contributed by atoms with Gasteiger partial charge in [-0.15, -0.1) is 0 Å². The second kappa shape index (κ2) is 7.18. The minimum absolute atomic E-state index is 0.219. The SMILES string of the molecule is CCc1cc(C(=O)N(C)CC2(O)CCCN(c3cnccn3)C2)no1. The molecule has 0 spiro atoms. The van der Waals surface area contributed by atoms with Crippen molar-refractivity contribution in [3.05, 3.63) is 36.1 Å². The fourth-order valence-electron chi connectivity index (χ4n) is 3.18. The van der Waals surface area contributed by atoms with Crippen LogP contribution < -0.4 is 4.90 Å². The maximum atomic E-state index is 12.5. The molecule has 1 fully saturated rings. The molecule has 1 amide bonds. The van der Waals surface area contributed by atoms with Crippen LogP contribution in [0.2, 0.25) is 0 Å². The summed E-state index contributed by atoms with van der Waals surface area (Å²) in [7, 11) is 1.67. The molecule has 1 N–H and O–H groups in total. The second-order valence-electron chi connectivity index (χ2n) is 6.51. The van der Waals surface area contributed by atoms with Crippen LogP contribution >= 0.6 is 0 Å². The average Bonchev–Trinajstić information content (AvgIpc) is 3.10. The first-order valence-corrected chi connectivity index (χ1v) is 8.45. The Labute approximate surface area is 146 Å². The van der Waals surface area contributed by atoms with Crippen LogP contribution in [0.3, 0.4) is 0 Å². The van der Waals surface area contributed by atoms with E-state index in [2.05, 4.69) is 15.1 Å². The third kappa shape index (κ3) is 3.96. The standard InChI is InChI=1S/C17H23N5O3/c1-3-13-9-14(20-25-13)16(23)21(2)11-17(24)5-4-8-22(12-17)15-10-18-6-7-19-15/h6-7,9-10,24H,3-5,8,11-12H2,1-2H3. The van der Waals surface area contributed by atoms with Gasteiger partial charge in [-0.1, -0.05) is 12.1 Å². The summed E-state index contributed by atoms with van der Waals surface area (Å²) < 4.78 is 5.09. The fraction of sp³-hybridized carbons (Fsp3) is 0.529. The Balaban J connectivity index is 1.66. The van der Waals surface area contributed by atoms with Crippen LogP contribution in [-0.2, 0) is 6.42 Å². The molecule has 0 aromatic carbocycles. The van der Waals surface area contributed by atoms with Crippen LogP contribution in [0.4, 0.5) is 5.82 Å². The van der Waals surface area contributed by atoms with Crippen molar-refractivity contribution in [1.29, 1.82) is 0 Å². The van der Waals surface area contributed by atoms with Gasteiger partial charge in [0.25, 0.3) is 5.91 Å². The Bertz CT molecular complexity index is 720. The Morgan fingerprint density at radius 2 is 2.32 bits per heavy atom. The first kappa shape index (κ1) is 17.3. The summed E-state index contributed by atoms with van der Waals surface area (Å²) in [6.45, 7) is 3.37. The Morgan fingerprint density at radius 1 is 1.48 bits per heavy atom. The molecular weight excluding hydrogens is 322 g/mol. The molecule has 1 aliphatic heterocycles. The van der Waals surface area contributed by atoms with E-state index < -0.39 is 5.60 Å². The van der Waals surface area contributed by atoms with Gasteiger partial charge in [0.2, 0.25) is 0 Å². The zero-order chi connectivity index (χ0) is 17.9. The third-order valence-corrected chi connectivity index (χ3v) is 4.43. The highest BCUT2D eigenvalue weighted by Gasteiger charge is 2.36. The number of hydrogen-bond donors (Lipinski definition) is 1. The van der Waals surface area contributed by atoms with Crippen molar-refractivity contribution in [2.24, 2.45) is 0 Å². The normalized spacial score (nSPS) is 20.5. The van der Waals surface area contributed by atoms with Gasteiger partial charge in [0.05, 0.1) is 18.3 Å². The molecule has 0 saturated carbocycles. The molecule has 0 bridgehead atoms. The van der Waals surface area contributed by atoms with E-state index in [1.807, 2.05) is 11.8 Å².